The van der Waals surface area contributed by atoms with Crippen LogP contribution in [0.1, 0.15) is 27.2 Å². The number of urea groups is 1. The molecule has 18 heavy (non-hydrogen) atoms. The highest BCUT2D eigenvalue weighted by Gasteiger charge is 2.20. The van der Waals surface area contributed by atoms with Gasteiger partial charge < -0.3 is 20.5 Å². The number of carboxylic acids is 1. The maximum absolute atomic E-state index is 11.5. The third-order valence-electron chi connectivity index (χ3n) is 2.37. The summed E-state index contributed by atoms with van der Waals surface area (Å²) < 4.78 is 4.94. The van der Waals surface area contributed by atoms with Gasteiger partial charge in [-0.25, -0.2) is 9.59 Å². The summed E-state index contributed by atoms with van der Waals surface area (Å²) in [5.41, 5.74) is 0. The molecule has 6 nitrogen and oxygen atoms in total. The van der Waals surface area contributed by atoms with Crippen molar-refractivity contribution in [1.29, 1.82) is 0 Å². The number of carbonyl (C=O) groups excluding carboxylic acids is 1. The van der Waals surface area contributed by atoms with Gasteiger partial charge in [-0.05, 0) is 18.3 Å². The van der Waals surface area contributed by atoms with Crippen LogP contribution in [0.3, 0.4) is 0 Å². The van der Waals surface area contributed by atoms with Gasteiger partial charge in [-0.1, -0.05) is 20.8 Å². The molecule has 106 valence electrons. The first-order valence-electron chi connectivity index (χ1n) is 6.12. The number of rotatable bonds is 8. The summed E-state index contributed by atoms with van der Waals surface area (Å²) in [4.78, 5) is 22.5. The lowest BCUT2D eigenvalue weighted by Crippen LogP contribution is -2.47. The van der Waals surface area contributed by atoms with E-state index < -0.39 is 18.0 Å². The Balaban J connectivity index is 4.06. The number of hydrogen-bond donors (Lipinski definition) is 3. The maximum Gasteiger partial charge on any atom is 0.326 e. The van der Waals surface area contributed by atoms with Gasteiger partial charge in [0.15, 0.2) is 0 Å². The largest absolute Gasteiger partial charge is 0.480 e. The Morgan fingerprint density at radius 3 is 2.33 bits per heavy atom. The smallest absolute Gasteiger partial charge is 0.326 e. The standard InChI is InChI=1S/C12H24N2O4/c1-8(2)5-10(11(15)16)14-12(17)13-6-9(3)7-18-4/h8-10H,5-7H2,1-4H3,(H,15,16)(H2,13,14,17)/t9?,10-/m0/s1. The average Bonchev–Trinajstić information content (AvgIpc) is 2.25. The number of carboxylic acid groups (broad SMARTS) is 1. The first kappa shape index (κ1) is 16.7. The molecule has 0 aromatic heterocycles. The number of ether oxygens (including phenoxy) is 1. The summed E-state index contributed by atoms with van der Waals surface area (Å²) in [6.45, 7) is 6.77. The molecule has 0 radical (unpaired) electrons. The van der Waals surface area contributed by atoms with Gasteiger partial charge in [0.05, 0.1) is 6.61 Å². The van der Waals surface area contributed by atoms with Gasteiger partial charge in [-0.15, -0.1) is 0 Å². The molecule has 3 N–H and O–H groups in total. The van der Waals surface area contributed by atoms with E-state index in [0.717, 1.165) is 0 Å². The highest BCUT2D eigenvalue weighted by atomic mass is 16.5. The number of nitrogens with one attached hydrogen (secondary N) is 2. The van der Waals surface area contributed by atoms with Gasteiger partial charge in [0, 0.05) is 13.7 Å². The Hall–Kier alpha value is -1.30. The molecule has 0 rings (SSSR count). The SMILES string of the molecule is COCC(C)CNC(=O)N[C@@H](CC(C)C)C(=O)O. The van der Waals surface area contributed by atoms with E-state index in [2.05, 4.69) is 10.6 Å². The monoisotopic (exact) mass is 260 g/mol. The van der Waals surface area contributed by atoms with Crippen molar-refractivity contribution in [2.45, 2.75) is 33.2 Å². The second kappa shape index (κ2) is 8.74. The normalized spacial score (nSPS) is 14.1. The second-order valence-corrected chi connectivity index (χ2v) is 4.94. The molecule has 2 amide bonds. The van der Waals surface area contributed by atoms with E-state index in [9.17, 15) is 9.59 Å². The van der Waals surface area contributed by atoms with Crippen LogP contribution < -0.4 is 10.6 Å². The van der Waals surface area contributed by atoms with Gasteiger partial charge in [0.25, 0.3) is 0 Å². The van der Waals surface area contributed by atoms with E-state index in [1.165, 1.54) is 0 Å². The summed E-state index contributed by atoms with van der Waals surface area (Å²) in [6.07, 6.45) is 0.413. The summed E-state index contributed by atoms with van der Waals surface area (Å²) in [5, 5.41) is 14.1. The lowest BCUT2D eigenvalue weighted by atomic mass is 10.0. The Bertz CT molecular complexity index is 269. The fourth-order valence-electron chi connectivity index (χ4n) is 1.51. The predicted octanol–water partition coefficient (Wildman–Crippen LogP) is 1.07. The van der Waals surface area contributed by atoms with Crippen molar-refractivity contribution in [3.8, 4) is 0 Å². The molecule has 0 aliphatic rings. The Labute approximate surface area is 108 Å². The number of amides is 2. The lowest BCUT2D eigenvalue weighted by Gasteiger charge is -2.18. The van der Waals surface area contributed by atoms with Gasteiger partial charge in [0.2, 0.25) is 0 Å². The van der Waals surface area contributed by atoms with E-state index in [-0.39, 0.29) is 11.8 Å². The first-order chi connectivity index (χ1) is 8.36. The summed E-state index contributed by atoms with van der Waals surface area (Å²) in [5.74, 6) is -0.614. The fourth-order valence-corrected chi connectivity index (χ4v) is 1.51. The molecule has 0 bridgehead atoms. The third-order valence-corrected chi connectivity index (χ3v) is 2.37. The Kier molecular flexibility index (Phi) is 8.11. The van der Waals surface area contributed by atoms with Crippen LogP contribution in [0.2, 0.25) is 0 Å². The number of methoxy groups -OCH3 is 1. The van der Waals surface area contributed by atoms with E-state index >= 15 is 0 Å². The molecule has 2 atom stereocenters. The predicted molar refractivity (Wildman–Crippen MR) is 68.5 cm³/mol. The van der Waals surface area contributed by atoms with Crippen LogP contribution in [0.4, 0.5) is 4.79 Å². The second-order valence-electron chi connectivity index (χ2n) is 4.94. The highest BCUT2D eigenvalue weighted by molar-refractivity contribution is 5.82. The van der Waals surface area contributed by atoms with Crippen LogP contribution in [0.15, 0.2) is 0 Å². The van der Waals surface area contributed by atoms with Crippen LogP contribution in [-0.4, -0.2) is 43.4 Å². The maximum atomic E-state index is 11.5. The van der Waals surface area contributed by atoms with Crippen LogP contribution in [-0.2, 0) is 9.53 Å². The van der Waals surface area contributed by atoms with Crippen molar-refractivity contribution >= 4 is 12.0 Å². The zero-order valence-electron chi connectivity index (χ0n) is 11.5. The summed E-state index contributed by atoms with van der Waals surface area (Å²) >= 11 is 0. The minimum Gasteiger partial charge on any atom is -0.480 e. The van der Waals surface area contributed by atoms with E-state index in [4.69, 9.17) is 9.84 Å². The first-order valence-corrected chi connectivity index (χ1v) is 6.12. The molecule has 0 saturated heterocycles. The fraction of sp³-hybridized carbons (Fsp3) is 0.833. The molecule has 0 aliphatic heterocycles. The minimum absolute atomic E-state index is 0.189. The molecule has 0 heterocycles. The molecule has 0 fully saturated rings. The van der Waals surface area contributed by atoms with Crippen molar-refractivity contribution in [3.63, 3.8) is 0 Å². The van der Waals surface area contributed by atoms with Crippen LogP contribution >= 0.6 is 0 Å². The van der Waals surface area contributed by atoms with Crippen LogP contribution in [0.25, 0.3) is 0 Å². The molecular formula is C12H24N2O4. The molecule has 0 saturated carbocycles. The van der Waals surface area contributed by atoms with Crippen LogP contribution in [0, 0.1) is 11.8 Å². The average molecular weight is 260 g/mol. The van der Waals surface area contributed by atoms with Crippen molar-refractivity contribution in [1.82, 2.24) is 10.6 Å². The number of carbonyl (C=O) groups is 2. The zero-order chi connectivity index (χ0) is 14.1. The van der Waals surface area contributed by atoms with Gasteiger partial charge in [0.1, 0.15) is 6.04 Å². The minimum atomic E-state index is -1.01. The summed E-state index contributed by atoms with van der Waals surface area (Å²) in [7, 11) is 1.60. The number of hydrogen-bond acceptors (Lipinski definition) is 3. The molecule has 0 aromatic carbocycles. The van der Waals surface area contributed by atoms with Crippen molar-refractivity contribution in [3.05, 3.63) is 0 Å². The quantitative estimate of drug-likeness (QED) is 0.609. The zero-order valence-corrected chi connectivity index (χ0v) is 11.5. The van der Waals surface area contributed by atoms with Gasteiger partial charge in [-0.2, -0.15) is 0 Å². The lowest BCUT2D eigenvalue weighted by molar-refractivity contribution is -0.139. The van der Waals surface area contributed by atoms with Crippen molar-refractivity contribution in [2.75, 3.05) is 20.3 Å². The van der Waals surface area contributed by atoms with Gasteiger partial charge in [-0.3, -0.25) is 0 Å². The molecule has 6 heteroatoms. The Morgan fingerprint density at radius 2 is 1.89 bits per heavy atom. The number of aliphatic carboxylic acids is 1. The van der Waals surface area contributed by atoms with E-state index in [1.807, 2.05) is 20.8 Å². The van der Waals surface area contributed by atoms with E-state index in [0.29, 0.717) is 19.6 Å². The molecule has 1 unspecified atom stereocenters. The van der Waals surface area contributed by atoms with Crippen molar-refractivity contribution < 1.29 is 19.4 Å². The topological polar surface area (TPSA) is 87.7 Å². The molecule has 0 spiro atoms. The molecular weight excluding hydrogens is 236 g/mol. The third kappa shape index (κ3) is 7.89. The van der Waals surface area contributed by atoms with Gasteiger partial charge >= 0.3 is 12.0 Å². The highest BCUT2D eigenvalue weighted by Crippen LogP contribution is 2.04. The van der Waals surface area contributed by atoms with E-state index in [1.54, 1.807) is 7.11 Å². The van der Waals surface area contributed by atoms with Crippen molar-refractivity contribution in [2.24, 2.45) is 11.8 Å². The summed E-state index contributed by atoms with van der Waals surface area (Å²) in [6, 6.07) is -1.30. The van der Waals surface area contributed by atoms with Crippen LogP contribution in [0.5, 0.6) is 0 Å². The molecule has 0 aromatic rings. The molecule has 0 aliphatic carbocycles. The Morgan fingerprint density at radius 1 is 1.28 bits per heavy atom.